The summed E-state index contributed by atoms with van der Waals surface area (Å²) in [5, 5.41) is 6.50. The highest BCUT2D eigenvalue weighted by atomic mass is 14.2. The van der Waals surface area contributed by atoms with Crippen LogP contribution in [-0.2, 0) is 0 Å². The molecule has 0 N–H and O–H groups in total. The monoisotopic (exact) mass is 117 g/mol. The third kappa shape index (κ3) is 3.37. The van der Waals surface area contributed by atoms with Crippen LogP contribution in [0.3, 0.4) is 0 Å². The van der Waals surface area contributed by atoms with Gasteiger partial charge in [-0.2, -0.15) is 0 Å². The second-order valence-corrected chi connectivity index (χ2v) is 1.65. The van der Waals surface area contributed by atoms with Gasteiger partial charge in [-0.05, 0) is 0 Å². The molecule has 0 atom stereocenters. The Kier molecular flexibility index (Phi) is 4.25. The predicted molar refractivity (Wildman–Crippen MR) is 41.3 cm³/mol. The minimum absolute atomic E-state index is 1.32. The van der Waals surface area contributed by atoms with Crippen LogP contribution < -0.4 is 5.46 Å². The van der Waals surface area contributed by atoms with E-state index in [1.165, 1.54) is 5.46 Å². The van der Waals surface area contributed by atoms with E-state index in [4.69, 9.17) is 5.26 Å². The quantitative estimate of drug-likeness (QED) is 0.441. The molecule has 0 aromatic heterocycles. The largest absolute Gasteiger partial charge is 0.202 e. The number of nitriles is 1. The summed E-state index contributed by atoms with van der Waals surface area (Å²) in [5.41, 5.74) is 1.32. The molecule has 1 rings (SSSR count). The molecule has 1 aromatic carbocycles. The average Bonchev–Trinajstić information content (AvgIpc) is 1.94. The zero-order chi connectivity index (χ0) is 7.11. The van der Waals surface area contributed by atoms with E-state index >= 15 is 0 Å². The maximum Gasteiger partial charge on any atom is 0.139 e. The first-order chi connectivity index (χ1) is 4.39. The number of nitrogens with zero attached hydrogens (tertiary/aromatic N) is 1. The van der Waals surface area contributed by atoms with Crippen LogP contribution in [0.4, 0.5) is 0 Å². The summed E-state index contributed by atoms with van der Waals surface area (Å²) in [5.74, 6) is 0. The molecule has 0 aliphatic carbocycles. The predicted octanol–water partition coefficient (Wildman–Crippen LogP) is 0.0848. The molecule has 0 saturated carbocycles. The Hall–Kier alpha value is -1.23. The van der Waals surface area contributed by atoms with Crippen LogP contribution in [0.2, 0.25) is 0 Å². The number of hydrogen-bond acceptors (Lipinski definition) is 1. The normalized spacial score (nSPS) is 6.89. The topological polar surface area (TPSA) is 23.8 Å². The molecule has 0 amide bonds. The molecular weight excluding hydrogens is 109 g/mol. The van der Waals surface area contributed by atoms with Crippen molar-refractivity contribution < 1.29 is 0 Å². The van der Waals surface area contributed by atoms with Gasteiger partial charge in [-0.25, -0.2) is 5.26 Å². The third-order valence-corrected chi connectivity index (χ3v) is 0.940. The van der Waals surface area contributed by atoms with E-state index in [0.29, 0.717) is 0 Å². The first-order valence-electron chi connectivity index (χ1n) is 2.67. The fourth-order valence-electron chi connectivity index (χ4n) is 0.534. The van der Waals surface area contributed by atoms with Gasteiger partial charge in [0.1, 0.15) is 7.85 Å². The van der Waals surface area contributed by atoms with Crippen molar-refractivity contribution in [1.29, 1.82) is 5.26 Å². The molecule has 9 heavy (non-hydrogen) atoms. The van der Waals surface area contributed by atoms with Crippen molar-refractivity contribution in [3.63, 3.8) is 0 Å². The van der Waals surface area contributed by atoms with Crippen LogP contribution in [-0.4, -0.2) is 7.85 Å². The lowest BCUT2D eigenvalue weighted by Gasteiger charge is -1.82. The number of hydrogen-bond donors (Lipinski definition) is 0. The molecule has 0 aliphatic rings. The zero-order valence-electron chi connectivity index (χ0n) is 5.41. The first kappa shape index (κ1) is 7.77. The van der Waals surface area contributed by atoms with Gasteiger partial charge in [0, 0.05) is 6.57 Å². The van der Waals surface area contributed by atoms with Gasteiger partial charge in [0.2, 0.25) is 0 Å². The molecule has 0 aliphatic heterocycles. The Balaban J connectivity index is 0.000000291. The van der Waals surface area contributed by atoms with E-state index in [-0.39, 0.29) is 0 Å². The Bertz CT molecular complexity index is 169. The van der Waals surface area contributed by atoms with E-state index < -0.39 is 0 Å². The summed E-state index contributed by atoms with van der Waals surface area (Å²) in [7, 11) is 2.08. The fraction of sp³-hybridized carbons (Fsp3) is 0. The smallest absolute Gasteiger partial charge is 0.139 e. The van der Waals surface area contributed by atoms with E-state index in [1.54, 1.807) is 0 Å². The standard InChI is InChI=1S/C6H7B.CHN/c7-6-4-2-1-3-5-6;1-2/h1-5H,7H2;1H. The summed E-state index contributed by atoms with van der Waals surface area (Å²) >= 11 is 0. The number of benzene rings is 1. The molecule has 0 bridgehead atoms. The molecule has 0 radical (unpaired) electrons. The molecule has 44 valence electrons. The average molecular weight is 117 g/mol. The van der Waals surface area contributed by atoms with Crippen molar-refractivity contribution >= 4 is 13.3 Å². The van der Waals surface area contributed by atoms with Crippen molar-refractivity contribution in [2.75, 3.05) is 0 Å². The highest BCUT2D eigenvalue weighted by Crippen LogP contribution is 1.76. The second-order valence-electron chi connectivity index (χ2n) is 1.65. The molecule has 0 fully saturated rings. The minimum atomic E-state index is 1.32. The summed E-state index contributed by atoms with van der Waals surface area (Å²) in [6.45, 7) is 3.50. The summed E-state index contributed by atoms with van der Waals surface area (Å²) in [4.78, 5) is 0. The summed E-state index contributed by atoms with van der Waals surface area (Å²) in [6.07, 6.45) is 0. The van der Waals surface area contributed by atoms with E-state index in [2.05, 4.69) is 26.6 Å². The SMILES string of the molecule is Bc1ccccc1.C#N. The molecule has 0 saturated heterocycles. The molecule has 0 heterocycles. The van der Waals surface area contributed by atoms with Crippen LogP contribution in [0.15, 0.2) is 30.3 Å². The maximum absolute atomic E-state index is 6.50. The van der Waals surface area contributed by atoms with Crippen LogP contribution in [0, 0.1) is 11.8 Å². The van der Waals surface area contributed by atoms with Gasteiger partial charge in [-0.1, -0.05) is 35.8 Å². The highest BCUT2D eigenvalue weighted by Gasteiger charge is 1.72. The Morgan fingerprint density at radius 3 is 1.78 bits per heavy atom. The van der Waals surface area contributed by atoms with Gasteiger partial charge >= 0.3 is 0 Å². The number of rotatable bonds is 0. The summed E-state index contributed by atoms with van der Waals surface area (Å²) < 4.78 is 0. The van der Waals surface area contributed by atoms with Gasteiger partial charge in [0.15, 0.2) is 0 Å². The molecule has 1 aromatic rings. The maximum atomic E-state index is 6.50. The van der Waals surface area contributed by atoms with Gasteiger partial charge < -0.3 is 0 Å². The van der Waals surface area contributed by atoms with Crippen molar-refractivity contribution in [3.05, 3.63) is 30.3 Å². The molecule has 0 spiro atoms. The molecule has 0 unspecified atom stereocenters. The fourth-order valence-corrected chi connectivity index (χ4v) is 0.534. The molecule has 1 nitrogen and oxygen atoms in total. The third-order valence-electron chi connectivity index (χ3n) is 0.940. The van der Waals surface area contributed by atoms with Crippen LogP contribution in [0.25, 0.3) is 0 Å². The molecular formula is C7H8BN. The van der Waals surface area contributed by atoms with Crippen molar-refractivity contribution in [2.45, 2.75) is 0 Å². The molecule has 2 heteroatoms. The summed E-state index contributed by atoms with van der Waals surface area (Å²) in [6, 6.07) is 10.3. The zero-order valence-corrected chi connectivity index (χ0v) is 5.41. The highest BCUT2D eigenvalue weighted by molar-refractivity contribution is 6.32. The lowest BCUT2D eigenvalue weighted by atomic mass is 9.97. The van der Waals surface area contributed by atoms with Crippen molar-refractivity contribution in [1.82, 2.24) is 0 Å². The van der Waals surface area contributed by atoms with Crippen molar-refractivity contribution in [3.8, 4) is 6.57 Å². The second kappa shape index (κ2) is 4.92. The Labute approximate surface area is 56.3 Å². The Morgan fingerprint density at radius 1 is 1.11 bits per heavy atom. The van der Waals surface area contributed by atoms with Gasteiger partial charge in [0.25, 0.3) is 0 Å². The van der Waals surface area contributed by atoms with Crippen LogP contribution in [0.5, 0.6) is 0 Å². The lowest BCUT2D eigenvalue weighted by Crippen LogP contribution is -1.97. The minimum Gasteiger partial charge on any atom is -0.202 e. The van der Waals surface area contributed by atoms with E-state index in [9.17, 15) is 0 Å². The van der Waals surface area contributed by atoms with Crippen molar-refractivity contribution in [2.24, 2.45) is 0 Å². The van der Waals surface area contributed by atoms with Gasteiger partial charge in [0.05, 0.1) is 0 Å². The van der Waals surface area contributed by atoms with Gasteiger partial charge in [-0.15, -0.1) is 0 Å². The van der Waals surface area contributed by atoms with E-state index in [1.807, 2.05) is 18.2 Å². The van der Waals surface area contributed by atoms with Crippen LogP contribution in [0.1, 0.15) is 0 Å². The van der Waals surface area contributed by atoms with E-state index in [0.717, 1.165) is 0 Å². The van der Waals surface area contributed by atoms with Gasteiger partial charge in [-0.3, -0.25) is 0 Å². The lowest BCUT2D eigenvalue weighted by molar-refractivity contribution is 1.58. The first-order valence-corrected chi connectivity index (χ1v) is 2.67. The Morgan fingerprint density at radius 2 is 1.56 bits per heavy atom. The van der Waals surface area contributed by atoms with Crippen LogP contribution >= 0.6 is 0 Å².